The van der Waals surface area contributed by atoms with Crippen LogP contribution in [0, 0.1) is 0 Å². The first-order valence-corrected chi connectivity index (χ1v) is 15.2. The average molecular weight is 574 g/mol. The molecule has 0 spiro atoms. The first-order valence-electron chi connectivity index (χ1n) is 15.2. The minimum atomic E-state index is -0.116. The van der Waals surface area contributed by atoms with E-state index >= 15 is 0 Å². The molecule has 1 aliphatic carbocycles. The molecule has 7 rings (SSSR count). The Labute approximate surface area is 249 Å². The molecule has 5 aromatic rings. The third-order valence-electron chi connectivity index (χ3n) is 8.94. The number of benzene rings is 2. The molecule has 43 heavy (non-hydrogen) atoms. The zero-order valence-corrected chi connectivity index (χ0v) is 24.3. The molecule has 2 aliphatic rings. The van der Waals surface area contributed by atoms with Gasteiger partial charge in [-0.05, 0) is 72.9 Å². The predicted octanol–water partition coefficient (Wildman–Crippen LogP) is 5.55. The molecule has 1 fully saturated rings. The van der Waals surface area contributed by atoms with E-state index in [1.165, 1.54) is 5.69 Å². The van der Waals surface area contributed by atoms with Crippen molar-refractivity contribution in [3.8, 4) is 11.1 Å². The molecule has 1 saturated carbocycles. The third kappa shape index (κ3) is 5.09. The van der Waals surface area contributed by atoms with E-state index in [4.69, 9.17) is 0 Å². The fraction of sp³-hybridized carbons (Fsp3) is 0.324. The SMILES string of the molecule is CCCc1c(Cc2ccc(-c3ccccc3)c(C3=NNC(=O)C3)c2)c(=O)n(C2CCC(c3ccc[nH]3)CC2)c2ncnn12. The normalized spacial score (nSPS) is 18.6. The Balaban J connectivity index is 1.29. The Hall–Kier alpha value is -4.79. The number of fused-ring (bicyclic) bond motifs is 1. The predicted molar refractivity (Wildman–Crippen MR) is 166 cm³/mol. The minimum Gasteiger partial charge on any atom is -0.365 e. The topological polar surface area (TPSA) is 109 Å². The lowest BCUT2D eigenvalue weighted by molar-refractivity contribution is -0.119. The highest BCUT2D eigenvalue weighted by atomic mass is 16.2. The molecule has 0 unspecified atom stereocenters. The number of aromatic amines is 1. The summed E-state index contributed by atoms with van der Waals surface area (Å²) >= 11 is 0. The molecule has 2 aromatic carbocycles. The Morgan fingerprint density at radius 3 is 2.51 bits per heavy atom. The lowest BCUT2D eigenvalue weighted by atomic mass is 9.84. The van der Waals surface area contributed by atoms with Crippen LogP contribution in [0.15, 0.2) is 83.1 Å². The maximum Gasteiger partial charge on any atom is 0.259 e. The minimum absolute atomic E-state index is 0.0241. The monoisotopic (exact) mass is 573 g/mol. The average Bonchev–Trinajstić information content (AvgIpc) is 3.83. The second-order valence-corrected chi connectivity index (χ2v) is 11.6. The summed E-state index contributed by atoms with van der Waals surface area (Å²) in [5, 5.41) is 8.96. The van der Waals surface area contributed by atoms with Crippen LogP contribution < -0.4 is 11.0 Å². The number of nitrogens with zero attached hydrogens (tertiary/aromatic N) is 5. The lowest BCUT2D eigenvalue weighted by Crippen LogP contribution is -2.34. The number of carbonyl (C=O) groups excluding carboxylic acids is 1. The number of carbonyl (C=O) groups is 1. The summed E-state index contributed by atoms with van der Waals surface area (Å²) in [5.41, 5.74) is 10.2. The van der Waals surface area contributed by atoms with Gasteiger partial charge in [0.25, 0.3) is 5.56 Å². The molecule has 1 aliphatic heterocycles. The third-order valence-corrected chi connectivity index (χ3v) is 8.94. The van der Waals surface area contributed by atoms with E-state index in [1.807, 2.05) is 33.5 Å². The van der Waals surface area contributed by atoms with E-state index in [0.717, 1.165) is 72.0 Å². The van der Waals surface area contributed by atoms with Crippen LogP contribution in [0.2, 0.25) is 0 Å². The lowest BCUT2D eigenvalue weighted by Gasteiger charge is -2.30. The van der Waals surface area contributed by atoms with Crippen molar-refractivity contribution in [3.63, 3.8) is 0 Å². The van der Waals surface area contributed by atoms with Crippen molar-refractivity contribution < 1.29 is 4.79 Å². The molecule has 9 nitrogen and oxygen atoms in total. The number of hydrogen-bond acceptors (Lipinski definition) is 5. The van der Waals surface area contributed by atoms with Crippen molar-refractivity contribution in [1.29, 1.82) is 0 Å². The summed E-state index contributed by atoms with van der Waals surface area (Å²) in [6, 6.07) is 20.7. The smallest absolute Gasteiger partial charge is 0.259 e. The Kier molecular flexibility index (Phi) is 7.22. The van der Waals surface area contributed by atoms with Crippen LogP contribution >= 0.6 is 0 Å². The number of nitrogens with one attached hydrogen (secondary N) is 2. The van der Waals surface area contributed by atoms with Crippen LogP contribution in [-0.2, 0) is 17.6 Å². The van der Waals surface area contributed by atoms with Gasteiger partial charge in [-0.25, -0.2) is 9.94 Å². The van der Waals surface area contributed by atoms with E-state index in [-0.39, 0.29) is 23.9 Å². The van der Waals surface area contributed by atoms with Crippen LogP contribution in [-0.4, -0.2) is 35.8 Å². The molecule has 4 heterocycles. The van der Waals surface area contributed by atoms with Crippen LogP contribution in [0.1, 0.15) is 85.5 Å². The Bertz CT molecular complexity index is 1860. The summed E-state index contributed by atoms with van der Waals surface area (Å²) in [6.45, 7) is 2.12. The molecule has 0 bridgehead atoms. The van der Waals surface area contributed by atoms with E-state index in [9.17, 15) is 9.59 Å². The van der Waals surface area contributed by atoms with E-state index in [2.05, 4.69) is 75.0 Å². The second kappa shape index (κ2) is 11.5. The summed E-state index contributed by atoms with van der Waals surface area (Å²) in [4.78, 5) is 34.5. The van der Waals surface area contributed by atoms with Gasteiger partial charge in [0.2, 0.25) is 11.7 Å². The largest absolute Gasteiger partial charge is 0.365 e. The zero-order valence-electron chi connectivity index (χ0n) is 24.3. The molecule has 0 radical (unpaired) electrons. The Morgan fingerprint density at radius 2 is 1.79 bits per heavy atom. The first-order chi connectivity index (χ1) is 21.1. The van der Waals surface area contributed by atoms with Crippen molar-refractivity contribution in [2.24, 2.45) is 5.10 Å². The van der Waals surface area contributed by atoms with Crippen LogP contribution in [0.5, 0.6) is 0 Å². The number of amides is 1. The van der Waals surface area contributed by atoms with Crippen LogP contribution in [0.3, 0.4) is 0 Å². The van der Waals surface area contributed by atoms with Gasteiger partial charge in [0.1, 0.15) is 6.33 Å². The highest BCUT2D eigenvalue weighted by Gasteiger charge is 2.29. The molecule has 3 aromatic heterocycles. The van der Waals surface area contributed by atoms with Gasteiger partial charge in [-0.3, -0.25) is 14.2 Å². The van der Waals surface area contributed by atoms with Crippen molar-refractivity contribution >= 4 is 17.4 Å². The van der Waals surface area contributed by atoms with Gasteiger partial charge in [0, 0.05) is 35.5 Å². The van der Waals surface area contributed by atoms with Crippen molar-refractivity contribution in [3.05, 3.63) is 112 Å². The fourth-order valence-electron chi connectivity index (χ4n) is 6.85. The highest BCUT2D eigenvalue weighted by Crippen LogP contribution is 2.37. The molecular weight excluding hydrogens is 538 g/mol. The quantitative estimate of drug-likeness (QED) is 0.254. The summed E-state index contributed by atoms with van der Waals surface area (Å²) in [7, 11) is 0. The highest BCUT2D eigenvalue weighted by molar-refractivity contribution is 6.16. The van der Waals surface area contributed by atoms with Gasteiger partial charge < -0.3 is 4.98 Å². The standard InChI is InChI=1S/C34H35N7O2/c1-2-7-31-28(19-22-11-16-26(23-8-4-3-5-9-23)27(18-22)30-20-32(42)39-38-30)33(43)40(34-36-21-37-41(31)34)25-14-12-24(13-15-25)29-10-6-17-35-29/h3-6,8-11,16-18,21,24-25,35H,2,7,12-15,19-20H2,1H3,(H,39,42). The van der Waals surface area contributed by atoms with Crippen molar-refractivity contribution in [2.75, 3.05) is 0 Å². The van der Waals surface area contributed by atoms with Gasteiger partial charge in [0.05, 0.1) is 17.8 Å². The second-order valence-electron chi connectivity index (χ2n) is 11.6. The van der Waals surface area contributed by atoms with E-state index in [0.29, 0.717) is 23.8 Å². The van der Waals surface area contributed by atoms with Gasteiger partial charge in [-0.1, -0.05) is 55.8 Å². The molecule has 1 amide bonds. The van der Waals surface area contributed by atoms with Gasteiger partial charge in [0.15, 0.2) is 0 Å². The van der Waals surface area contributed by atoms with E-state index < -0.39 is 0 Å². The molecule has 2 N–H and O–H groups in total. The van der Waals surface area contributed by atoms with Crippen molar-refractivity contribution in [2.45, 2.75) is 70.3 Å². The van der Waals surface area contributed by atoms with Gasteiger partial charge >= 0.3 is 0 Å². The number of aromatic nitrogens is 5. The number of H-pyrrole nitrogens is 1. The first kappa shape index (κ1) is 27.1. The zero-order chi connectivity index (χ0) is 29.3. The molecular formula is C34H35N7O2. The maximum absolute atomic E-state index is 14.5. The van der Waals surface area contributed by atoms with Crippen molar-refractivity contribution in [1.82, 2.24) is 29.6 Å². The van der Waals surface area contributed by atoms with E-state index in [1.54, 1.807) is 6.33 Å². The summed E-state index contributed by atoms with van der Waals surface area (Å²) in [5.74, 6) is 0.997. The number of hydrazone groups is 1. The van der Waals surface area contributed by atoms with Crippen LogP contribution in [0.4, 0.5) is 0 Å². The molecule has 218 valence electrons. The summed E-state index contributed by atoms with van der Waals surface area (Å²) in [6.07, 6.45) is 9.70. The van der Waals surface area contributed by atoms with Gasteiger partial charge in [-0.2, -0.15) is 15.2 Å². The number of rotatable bonds is 8. The maximum atomic E-state index is 14.5. The molecule has 0 atom stereocenters. The molecule has 9 heteroatoms. The summed E-state index contributed by atoms with van der Waals surface area (Å²) < 4.78 is 3.80. The molecule has 0 saturated heterocycles. The van der Waals surface area contributed by atoms with Gasteiger partial charge in [-0.15, -0.1) is 0 Å². The Morgan fingerprint density at radius 1 is 0.953 bits per heavy atom. The number of hydrogen-bond donors (Lipinski definition) is 2. The number of aryl methyl sites for hydroxylation is 1. The van der Waals surface area contributed by atoms with Crippen LogP contribution in [0.25, 0.3) is 16.9 Å². The fourth-order valence-corrected chi connectivity index (χ4v) is 6.85.